The minimum absolute atomic E-state index is 0.00588. The molecular formula is C15H11O6-. The lowest BCUT2D eigenvalue weighted by Gasteiger charge is -2.08. The molecule has 0 spiro atoms. The lowest BCUT2D eigenvalue weighted by molar-refractivity contribution is -0.307. The van der Waals surface area contributed by atoms with Crippen LogP contribution < -0.4 is 9.84 Å². The van der Waals surface area contributed by atoms with Gasteiger partial charge >= 0.3 is 0 Å². The first-order valence-electron chi connectivity index (χ1n) is 5.98. The fourth-order valence-electron chi connectivity index (χ4n) is 1.58. The highest BCUT2D eigenvalue weighted by Gasteiger charge is 2.10. The predicted octanol–water partition coefficient (Wildman–Crippen LogP) is 1.01. The van der Waals surface area contributed by atoms with Crippen molar-refractivity contribution in [1.29, 1.82) is 0 Å². The zero-order valence-electron chi connectivity index (χ0n) is 10.8. The summed E-state index contributed by atoms with van der Waals surface area (Å²) in [6.45, 7) is -0.638. The summed E-state index contributed by atoms with van der Waals surface area (Å²) in [6.07, 6.45) is 4.16. The SMILES string of the molecule is O=C([O-])COc1ccc(O)c(C(=O)/C=C/c2ccco2)c1. The summed E-state index contributed by atoms with van der Waals surface area (Å²) in [5.74, 6) is -1.44. The van der Waals surface area contributed by atoms with Gasteiger partial charge in [-0.1, -0.05) is 0 Å². The Kier molecular flexibility index (Phi) is 4.40. The third kappa shape index (κ3) is 3.97. The van der Waals surface area contributed by atoms with E-state index in [1.54, 1.807) is 12.1 Å². The lowest BCUT2D eigenvalue weighted by Crippen LogP contribution is -2.28. The van der Waals surface area contributed by atoms with Gasteiger partial charge in [0, 0.05) is 0 Å². The van der Waals surface area contributed by atoms with E-state index in [2.05, 4.69) is 0 Å². The van der Waals surface area contributed by atoms with Gasteiger partial charge < -0.3 is 24.2 Å². The third-order valence-corrected chi connectivity index (χ3v) is 2.53. The molecule has 2 rings (SSSR count). The van der Waals surface area contributed by atoms with E-state index in [0.717, 1.165) is 0 Å². The first kappa shape index (κ1) is 14.4. The largest absolute Gasteiger partial charge is 0.546 e. The molecule has 0 atom stereocenters. The maximum absolute atomic E-state index is 12.0. The number of aliphatic carboxylic acids is 1. The number of furan rings is 1. The minimum atomic E-state index is -1.38. The highest BCUT2D eigenvalue weighted by molar-refractivity contribution is 6.08. The molecule has 0 aliphatic carbocycles. The molecule has 0 fully saturated rings. The van der Waals surface area contributed by atoms with Crippen molar-refractivity contribution >= 4 is 17.8 Å². The summed E-state index contributed by atoms with van der Waals surface area (Å²) in [5, 5.41) is 20.0. The Bertz CT molecular complexity index is 669. The second-order valence-corrected chi connectivity index (χ2v) is 4.05. The number of ether oxygens (including phenoxy) is 1. The Morgan fingerprint density at radius 3 is 2.81 bits per heavy atom. The first-order chi connectivity index (χ1) is 10.1. The van der Waals surface area contributed by atoms with E-state index < -0.39 is 18.4 Å². The molecule has 0 radical (unpaired) electrons. The third-order valence-electron chi connectivity index (χ3n) is 2.53. The molecule has 1 aromatic heterocycles. The molecule has 1 N–H and O–H groups in total. The van der Waals surface area contributed by atoms with Crippen LogP contribution >= 0.6 is 0 Å². The first-order valence-corrected chi connectivity index (χ1v) is 5.98. The van der Waals surface area contributed by atoms with Crippen LogP contribution in [0.5, 0.6) is 11.5 Å². The van der Waals surface area contributed by atoms with Crippen molar-refractivity contribution in [1.82, 2.24) is 0 Å². The van der Waals surface area contributed by atoms with E-state index in [4.69, 9.17) is 9.15 Å². The maximum atomic E-state index is 12.0. The number of phenols is 1. The van der Waals surface area contributed by atoms with Gasteiger partial charge in [0.2, 0.25) is 0 Å². The average Bonchev–Trinajstić information content (AvgIpc) is 2.97. The van der Waals surface area contributed by atoms with E-state index in [1.807, 2.05) is 0 Å². The Hall–Kier alpha value is -3.02. The summed E-state index contributed by atoms with van der Waals surface area (Å²) < 4.78 is 9.94. The molecule has 0 saturated carbocycles. The van der Waals surface area contributed by atoms with E-state index in [0.29, 0.717) is 5.76 Å². The number of hydrogen-bond acceptors (Lipinski definition) is 6. The summed E-state index contributed by atoms with van der Waals surface area (Å²) in [5.41, 5.74) is -0.00588. The molecule has 6 heteroatoms. The number of allylic oxidation sites excluding steroid dienone is 1. The number of aromatic hydroxyl groups is 1. The molecular weight excluding hydrogens is 276 g/mol. The second-order valence-electron chi connectivity index (χ2n) is 4.05. The van der Waals surface area contributed by atoms with Gasteiger partial charge in [-0.25, -0.2) is 0 Å². The number of benzene rings is 1. The Balaban J connectivity index is 2.15. The van der Waals surface area contributed by atoms with Gasteiger partial charge in [0.05, 0.1) is 17.8 Å². The van der Waals surface area contributed by atoms with Crippen molar-refractivity contribution in [3.63, 3.8) is 0 Å². The zero-order valence-corrected chi connectivity index (χ0v) is 10.8. The Morgan fingerprint density at radius 1 is 1.33 bits per heavy atom. The van der Waals surface area contributed by atoms with Crippen molar-refractivity contribution in [3.05, 3.63) is 54.0 Å². The summed E-state index contributed by atoms with van der Waals surface area (Å²) in [6, 6.07) is 7.20. The predicted molar refractivity (Wildman–Crippen MR) is 70.7 cm³/mol. The molecule has 1 heterocycles. The zero-order chi connectivity index (χ0) is 15.2. The Labute approximate surface area is 119 Å². The van der Waals surface area contributed by atoms with E-state index in [-0.39, 0.29) is 17.1 Å². The fraction of sp³-hybridized carbons (Fsp3) is 0.0667. The molecule has 0 aliphatic heterocycles. The van der Waals surface area contributed by atoms with E-state index in [1.165, 1.54) is 36.6 Å². The number of hydrogen-bond donors (Lipinski definition) is 1. The molecule has 0 amide bonds. The lowest BCUT2D eigenvalue weighted by atomic mass is 10.1. The molecule has 1 aromatic carbocycles. The fourth-order valence-corrected chi connectivity index (χ4v) is 1.58. The van der Waals surface area contributed by atoms with Gasteiger partial charge in [0.15, 0.2) is 5.78 Å². The molecule has 2 aromatic rings. The van der Waals surface area contributed by atoms with Gasteiger partial charge in [-0.05, 0) is 42.5 Å². The van der Waals surface area contributed by atoms with Crippen molar-refractivity contribution in [2.75, 3.05) is 6.61 Å². The quantitative estimate of drug-likeness (QED) is 0.628. The van der Waals surface area contributed by atoms with Crippen molar-refractivity contribution < 1.29 is 29.0 Å². The van der Waals surface area contributed by atoms with Crippen LogP contribution in [-0.2, 0) is 4.79 Å². The average molecular weight is 287 g/mol. The second kappa shape index (κ2) is 6.42. The summed E-state index contributed by atoms with van der Waals surface area (Å²) in [7, 11) is 0. The van der Waals surface area contributed by atoms with Crippen molar-refractivity contribution in [3.8, 4) is 11.5 Å². The monoisotopic (exact) mass is 287 g/mol. The number of carbonyl (C=O) groups is 2. The highest BCUT2D eigenvalue weighted by atomic mass is 16.5. The number of carboxylic acids is 1. The standard InChI is InChI=1S/C15H12O6/c16-13(5-3-10-2-1-7-20-10)12-8-11(4-6-14(12)17)21-9-15(18)19/h1-8,17H,9H2,(H,18,19)/p-1/b5-3+. The maximum Gasteiger partial charge on any atom is 0.189 e. The van der Waals surface area contributed by atoms with Gasteiger partial charge in [-0.15, -0.1) is 0 Å². The van der Waals surface area contributed by atoms with Gasteiger partial charge in [0.1, 0.15) is 23.9 Å². The smallest absolute Gasteiger partial charge is 0.189 e. The van der Waals surface area contributed by atoms with Crippen LogP contribution in [-0.4, -0.2) is 23.5 Å². The molecule has 108 valence electrons. The number of carbonyl (C=O) groups excluding carboxylic acids is 2. The summed E-state index contributed by atoms with van der Waals surface area (Å²) >= 11 is 0. The highest BCUT2D eigenvalue weighted by Crippen LogP contribution is 2.24. The molecule has 21 heavy (non-hydrogen) atoms. The molecule has 0 aliphatic rings. The van der Waals surface area contributed by atoms with Crippen LogP contribution in [0.15, 0.2) is 47.1 Å². The number of phenolic OH excluding ortho intramolecular Hbond substituents is 1. The summed E-state index contributed by atoms with van der Waals surface area (Å²) in [4.78, 5) is 22.3. The van der Waals surface area contributed by atoms with Crippen LogP contribution in [0.25, 0.3) is 6.08 Å². The molecule has 6 nitrogen and oxygen atoms in total. The topological polar surface area (TPSA) is 99.8 Å². The van der Waals surface area contributed by atoms with Gasteiger partial charge in [-0.2, -0.15) is 0 Å². The van der Waals surface area contributed by atoms with Crippen LogP contribution in [0.1, 0.15) is 16.1 Å². The van der Waals surface area contributed by atoms with Crippen molar-refractivity contribution in [2.45, 2.75) is 0 Å². The molecule has 0 unspecified atom stereocenters. The number of rotatable bonds is 6. The van der Waals surface area contributed by atoms with Gasteiger partial charge in [-0.3, -0.25) is 4.79 Å². The number of carboxylic acid groups (broad SMARTS) is 1. The van der Waals surface area contributed by atoms with Crippen molar-refractivity contribution in [2.24, 2.45) is 0 Å². The van der Waals surface area contributed by atoms with Crippen LogP contribution in [0.2, 0.25) is 0 Å². The minimum Gasteiger partial charge on any atom is -0.546 e. The molecule has 0 bridgehead atoms. The van der Waals surface area contributed by atoms with Crippen LogP contribution in [0.3, 0.4) is 0 Å². The van der Waals surface area contributed by atoms with E-state index >= 15 is 0 Å². The Morgan fingerprint density at radius 2 is 2.14 bits per heavy atom. The number of ketones is 1. The normalized spacial score (nSPS) is 10.7. The van der Waals surface area contributed by atoms with Crippen LogP contribution in [0, 0.1) is 0 Å². The van der Waals surface area contributed by atoms with Crippen LogP contribution in [0.4, 0.5) is 0 Å². The molecule has 0 saturated heterocycles. The van der Waals surface area contributed by atoms with Gasteiger partial charge in [0.25, 0.3) is 0 Å². The van der Waals surface area contributed by atoms with E-state index in [9.17, 15) is 19.8 Å².